The number of nitrogens with one attached hydrogen (secondary N) is 1. The van der Waals surface area contributed by atoms with Crippen LogP contribution in [0.4, 0.5) is 0 Å². The molecule has 0 radical (unpaired) electrons. The Labute approximate surface area is 128 Å². The van der Waals surface area contributed by atoms with Crippen molar-refractivity contribution in [2.75, 3.05) is 20.3 Å². The number of nitrogens with zero attached hydrogens (tertiary/aromatic N) is 1. The van der Waals surface area contributed by atoms with Gasteiger partial charge in [0.05, 0.1) is 12.7 Å². The van der Waals surface area contributed by atoms with Gasteiger partial charge in [-0.25, -0.2) is 5.48 Å². The molecule has 0 aliphatic carbocycles. The molecule has 0 saturated heterocycles. The van der Waals surface area contributed by atoms with Crippen LogP contribution in [0.5, 0.6) is 11.5 Å². The summed E-state index contributed by atoms with van der Waals surface area (Å²) in [6, 6.07) is 7.59. The fourth-order valence-electron chi connectivity index (χ4n) is 2.71. The van der Waals surface area contributed by atoms with E-state index in [4.69, 9.17) is 14.3 Å². The zero-order valence-electron chi connectivity index (χ0n) is 12.8. The molecule has 2 heterocycles. The van der Waals surface area contributed by atoms with Gasteiger partial charge in [0.25, 0.3) is 5.91 Å². The Kier molecular flexibility index (Phi) is 3.77. The van der Waals surface area contributed by atoms with Crippen molar-refractivity contribution in [1.82, 2.24) is 10.0 Å². The number of fused-ring (bicyclic) bond motifs is 1. The summed E-state index contributed by atoms with van der Waals surface area (Å²) < 4.78 is 13.2. The molecule has 1 amide bonds. The lowest BCUT2D eigenvalue weighted by Gasteiger charge is -2.20. The molecule has 0 atom stereocenters. The highest BCUT2D eigenvalue weighted by molar-refractivity contribution is 5.95. The summed E-state index contributed by atoms with van der Waals surface area (Å²) in [5.41, 5.74) is 5.64. The number of rotatable bonds is 3. The Morgan fingerprint density at radius 1 is 1.18 bits per heavy atom. The van der Waals surface area contributed by atoms with E-state index in [9.17, 15) is 4.79 Å². The van der Waals surface area contributed by atoms with Gasteiger partial charge in [0, 0.05) is 23.1 Å². The minimum Gasteiger partial charge on any atom is -0.486 e. The second-order valence-electron chi connectivity index (χ2n) is 5.08. The maximum Gasteiger partial charge on any atom is 0.276 e. The van der Waals surface area contributed by atoms with Crippen LogP contribution in [0.15, 0.2) is 24.3 Å². The molecule has 2 aromatic rings. The van der Waals surface area contributed by atoms with Gasteiger partial charge >= 0.3 is 0 Å². The van der Waals surface area contributed by atoms with Crippen molar-refractivity contribution in [2.45, 2.75) is 13.8 Å². The first-order chi connectivity index (χ1) is 10.6. The second-order valence-corrected chi connectivity index (χ2v) is 5.08. The summed E-state index contributed by atoms with van der Waals surface area (Å²) in [5.74, 6) is 1.20. The number of carbonyl (C=O) groups excluding carboxylic acids is 1. The topological polar surface area (TPSA) is 61.7 Å². The van der Waals surface area contributed by atoms with E-state index >= 15 is 0 Å². The Morgan fingerprint density at radius 3 is 2.64 bits per heavy atom. The van der Waals surface area contributed by atoms with Crippen molar-refractivity contribution in [3.05, 3.63) is 41.2 Å². The van der Waals surface area contributed by atoms with Crippen LogP contribution < -0.4 is 15.0 Å². The maximum absolute atomic E-state index is 12.0. The van der Waals surface area contributed by atoms with Crippen molar-refractivity contribution in [1.29, 1.82) is 0 Å². The first kappa shape index (κ1) is 14.5. The van der Waals surface area contributed by atoms with E-state index in [1.165, 1.54) is 7.11 Å². The molecular formula is C16H18N2O4. The van der Waals surface area contributed by atoms with E-state index in [2.05, 4.69) is 5.48 Å². The van der Waals surface area contributed by atoms with Crippen LogP contribution in [-0.2, 0) is 4.84 Å². The van der Waals surface area contributed by atoms with Crippen molar-refractivity contribution < 1.29 is 19.1 Å². The quantitative estimate of drug-likeness (QED) is 0.883. The standard InChI is InChI=1S/C16H18N2O4/c1-10-8-13(16(19)17-20-3)11(2)18(10)12-4-5-14-15(9-12)22-7-6-21-14/h4-5,8-9H,6-7H2,1-3H3,(H,17,19). The van der Waals surface area contributed by atoms with Crippen LogP contribution >= 0.6 is 0 Å². The third-order valence-corrected chi connectivity index (χ3v) is 3.65. The van der Waals surface area contributed by atoms with Crippen molar-refractivity contribution in [3.63, 3.8) is 0 Å². The number of carbonyl (C=O) groups is 1. The summed E-state index contributed by atoms with van der Waals surface area (Å²) in [6.45, 7) is 4.96. The van der Waals surface area contributed by atoms with Crippen LogP contribution in [0.1, 0.15) is 21.7 Å². The minimum atomic E-state index is -0.264. The monoisotopic (exact) mass is 302 g/mol. The summed E-state index contributed by atoms with van der Waals surface area (Å²) in [6.07, 6.45) is 0. The predicted molar refractivity (Wildman–Crippen MR) is 80.7 cm³/mol. The van der Waals surface area contributed by atoms with E-state index in [0.717, 1.165) is 28.6 Å². The van der Waals surface area contributed by atoms with Gasteiger partial charge < -0.3 is 14.0 Å². The van der Waals surface area contributed by atoms with Crippen LogP contribution in [0.2, 0.25) is 0 Å². The lowest BCUT2D eigenvalue weighted by atomic mass is 10.2. The molecule has 116 valence electrons. The van der Waals surface area contributed by atoms with Gasteiger partial charge in [0.1, 0.15) is 13.2 Å². The highest BCUT2D eigenvalue weighted by Gasteiger charge is 2.18. The van der Waals surface area contributed by atoms with Gasteiger partial charge in [-0.15, -0.1) is 0 Å². The number of hydrogen-bond donors (Lipinski definition) is 1. The number of benzene rings is 1. The molecule has 0 bridgehead atoms. The molecule has 22 heavy (non-hydrogen) atoms. The van der Waals surface area contributed by atoms with Gasteiger partial charge in [-0.2, -0.15) is 0 Å². The van der Waals surface area contributed by atoms with Gasteiger partial charge in [0.15, 0.2) is 11.5 Å². The smallest absolute Gasteiger partial charge is 0.276 e. The van der Waals surface area contributed by atoms with Crippen molar-refractivity contribution in [2.24, 2.45) is 0 Å². The Balaban J connectivity index is 2.03. The van der Waals surface area contributed by atoms with Crippen LogP contribution in [-0.4, -0.2) is 30.8 Å². The van der Waals surface area contributed by atoms with Crippen molar-refractivity contribution >= 4 is 5.91 Å². The molecular weight excluding hydrogens is 284 g/mol. The number of hydroxylamine groups is 1. The molecule has 1 N–H and O–H groups in total. The molecule has 0 saturated carbocycles. The van der Waals surface area contributed by atoms with E-state index in [-0.39, 0.29) is 5.91 Å². The first-order valence-corrected chi connectivity index (χ1v) is 7.04. The number of ether oxygens (including phenoxy) is 2. The maximum atomic E-state index is 12.0. The highest BCUT2D eigenvalue weighted by Crippen LogP contribution is 2.33. The Bertz CT molecular complexity index is 721. The van der Waals surface area contributed by atoms with E-state index in [1.807, 2.05) is 42.7 Å². The number of aromatic nitrogens is 1. The third kappa shape index (κ3) is 2.42. The van der Waals surface area contributed by atoms with Crippen LogP contribution in [0.25, 0.3) is 5.69 Å². The summed E-state index contributed by atoms with van der Waals surface area (Å²) in [4.78, 5) is 16.7. The average Bonchev–Trinajstić information content (AvgIpc) is 2.82. The summed E-state index contributed by atoms with van der Waals surface area (Å²) in [5, 5.41) is 0. The van der Waals surface area contributed by atoms with Gasteiger partial charge in [-0.1, -0.05) is 0 Å². The lowest BCUT2D eigenvalue weighted by Crippen LogP contribution is -2.22. The summed E-state index contributed by atoms with van der Waals surface area (Å²) >= 11 is 0. The third-order valence-electron chi connectivity index (χ3n) is 3.65. The Morgan fingerprint density at radius 2 is 1.91 bits per heavy atom. The molecule has 0 unspecified atom stereocenters. The molecule has 1 aliphatic rings. The Hall–Kier alpha value is -2.47. The number of amides is 1. The predicted octanol–water partition coefficient (Wildman–Crippen LogP) is 2.16. The fourth-order valence-corrected chi connectivity index (χ4v) is 2.71. The molecule has 3 rings (SSSR count). The van der Waals surface area contributed by atoms with E-state index in [0.29, 0.717) is 18.8 Å². The van der Waals surface area contributed by atoms with Crippen LogP contribution in [0.3, 0.4) is 0 Å². The average molecular weight is 302 g/mol. The first-order valence-electron chi connectivity index (χ1n) is 7.04. The summed E-state index contributed by atoms with van der Waals surface area (Å²) in [7, 11) is 1.41. The number of aryl methyl sites for hydroxylation is 1. The van der Waals surface area contributed by atoms with Crippen LogP contribution in [0, 0.1) is 13.8 Å². The molecule has 6 nitrogen and oxygen atoms in total. The molecule has 1 aromatic carbocycles. The van der Waals surface area contributed by atoms with Gasteiger partial charge in [0.2, 0.25) is 0 Å². The zero-order chi connectivity index (χ0) is 15.7. The van der Waals surface area contributed by atoms with E-state index < -0.39 is 0 Å². The van der Waals surface area contributed by atoms with Gasteiger partial charge in [-0.3, -0.25) is 9.63 Å². The molecule has 0 fully saturated rings. The highest BCUT2D eigenvalue weighted by atomic mass is 16.6. The minimum absolute atomic E-state index is 0.264. The van der Waals surface area contributed by atoms with Gasteiger partial charge in [-0.05, 0) is 32.0 Å². The number of hydrogen-bond acceptors (Lipinski definition) is 4. The largest absolute Gasteiger partial charge is 0.486 e. The fraction of sp³-hybridized carbons (Fsp3) is 0.312. The normalized spacial score (nSPS) is 13.0. The molecule has 6 heteroatoms. The zero-order valence-corrected chi connectivity index (χ0v) is 12.8. The molecule has 1 aromatic heterocycles. The molecule has 0 spiro atoms. The molecule has 1 aliphatic heterocycles. The lowest BCUT2D eigenvalue weighted by molar-refractivity contribution is 0.0537. The van der Waals surface area contributed by atoms with Crippen molar-refractivity contribution in [3.8, 4) is 17.2 Å². The SMILES string of the molecule is CONC(=O)c1cc(C)n(-c2ccc3c(c2)OCCO3)c1C. The second kappa shape index (κ2) is 5.73. The van der Waals surface area contributed by atoms with E-state index in [1.54, 1.807) is 0 Å².